The van der Waals surface area contributed by atoms with E-state index >= 15 is 0 Å². The van der Waals surface area contributed by atoms with Gasteiger partial charge in [0.2, 0.25) is 0 Å². The lowest BCUT2D eigenvalue weighted by molar-refractivity contribution is 0.474. The highest BCUT2D eigenvalue weighted by Gasteiger charge is 2.31. The van der Waals surface area contributed by atoms with Gasteiger partial charge >= 0.3 is 0 Å². The number of thiophene rings is 1. The van der Waals surface area contributed by atoms with E-state index in [2.05, 4.69) is 0 Å². The predicted octanol–water partition coefficient (Wildman–Crippen LogP) is 0.778. The first-order valence-corrected chi connectivity index (χ1v) is 7.08. The van der Waals surface area contributed by atoms with Crippen molar-refractivity contribution < 1.29 is 8.42 Å². The highest BCUT2D eigenvalue weighted by atomic mass is 32.2. The molecule has 2 heterocycles. The van der Waals surface area contributed by atoms with E-state index < -0.39 is 10.0 Å². The van der Waals surface area contributed by atoms with Crippen LogP contribution in [0.5, 0.6) is 0 Å². The Morgan fingerprint density at radius 1 is 1.53 bits per heavy atom. The van der Waals surface area contributed by atoms with Crippen molar-refractivity contribution in [3.8, 4) is 0 Å². The largest absolute Gasteiger partial charge is 0.326 e. The zero-order chi connectivity index (χ0) is 11.1. The molecule has 0 amide bonds. The molecule has 1 saturated heterocycles. The zero-order valence-electron chi connectivity index (χ0n) is 8.51. The Labute approximate surface area is 93.8 Å². The molecule has 4 nitrogen and oxygen atoms in total. The summed E-state index contributed by atoms with van der Waals surface area (Å²) in [6.45, 7) is 2.89. The molecule has 1 aromatic rings. The van der Waals surface area contributed by atoms with Crippen LogP contribution in [0.4, 0.5) is 0 Å². The molecule has 0 saturated carbocycles. The Morgan fingerprint density at radius 2 is 2.27 bits per heavy atom. The third kappa shape index (κ3) is 2.08. The molecule has 1 aromatic heterocycles. The first-order valence-electron chi connectivity index (χ1n) is 4.82. The lowest BCUT2D eigenvalue weighted by Crippen LogP contribution is -2.31. The zero-order valence-corrected chi connectivity index (χ0v) is 10.1. The second-order valence-corrected chi connectivity index (χ2v) is 7.23. The number of nitrogens with two attached hydrogens (primary N) is 1. The minimum atomic E-state index is -3.28. The molecule has 2 N–H and O–H groups in total. The molecule has 6 heteroatoms. The van der Waals surface area contributed by atoms with Crippen LogP contribution < -0.4 is 5.73 Å². The van der Waals surface area contributed by atoms with Crippen LogP contribution in [0.25, 0.3) is 0 Å². The monoisotopic (exact) mass is 246 g/mol. The maximum atomic E-state index is 12.1. The lowest BCUT2D eigenvalue weighted by Gasteiger charge is -2.13. The number of hydrogen-bond acceptors (Lipinski definition) is 4. The van der Waals surface area contributed by atoms with Crippen molar-refractivity contribution >= 4 is 21.4 Å². The summed E-state index contributed by atoms with van der Waals surface area (Å²) in [5.41, 5.74) is 5.70. The van der Waals surface area contributed by atoms with Gasteiger partial charge in [0.25, 0.3) is 10.0 Å². The van der Waals surface area contributed by atoms with Crippen LogP contribution in [-0.2, 0) is 10.0 Å². The van der Waals surface area contributed by atoms with Gasteiger partial charge in [-0.1, -0.05) is 0 Å². The third-order valence-corrected chi connectivity index (χ3v) is 5.83. The van der Waals surface area contributed by atoms with Crippen molar-refractivity contribution in [1.82, 2.24) is 4.31 Å². The Bertz CT molecular complexity index is 452. The molecule has 1 fully saturated rings. The van der Waals surface area contributed by atoms with Crippen molar-refractivity contribution in [3.63, 3.8) is 0 Å². The third-order valence-electron chi connectivity index (χ3n) is 2.50. The molecule has 1 aliphatic heterocycles. The normalized spacial score (nSPS) is 23.5. The van der Waals surface area contributed by atoms with Crippen molar-refractivity contribution in [1.29, 1.82) is 0 Å². The standard InChI is InChI=1S/C9H14N2O2S2/c1-7-2-3-9(14-7)15(12,13)11-5-4-8(10)6-11/h2-3,8H,4-6,10H2,1H3. The molecule has 15 heavy (non-hydrogen) atoms. The van der Waals surface area contributed by atoms with E-state index in [-0.39, 0.29) is 6.04 Å². The average molecular weight is 246 g/mol. The molecule has 0 aromatic carbocycles. The Morgan fingerprint density at radius 3 is 2.73 bits per heavy atom. The van der Waals surface area contributed by atoms with E-state index in [0.717, 1.165) is 11.3 Å². The van der Waals surface area contributed by atoms with Crippen LogP contribution in [-0.4, -0.2) is 31.9 Å². The minimum absolute atomic E-state index is 0.0131. The minimum Gasteiger partial charge on any atom is -0.326 e. The summed E-state index contributed by atoms with van der Waals surface area (Å²) in [7, 11) is -3.28. The number of rotatable bonds is 2. The fraction of sp³-hybridized carbons (Fsp3) is 0.556. The van der Waals surface area contributed by atoms with Gasteiger partial charge in [-0.2, -0.15) is 4.31 Å². The van der Waals surface area contributed by atoms with E-state index in [9.17, 15) is 8.42 Å². The maximum absolute atomic E-state index is 12.1. The highest BCUT2D eigenvalue weighted by molar-refractivity contribution is 7.91. The van der Waals surface area contributed by atoms with Crippen molar-refractivity contribution in [2.24, 2.45) is 5.73 Å². The molecule has 84 valence electrons. The van der Waals surface area contributed by atoms with Crippen LogP contribution in [0.2, 0.25) is 0 Å². The van der Waals surface area contributed by atoms with Gasteiger partial charge in [0.1, 0.15) is 4.21 Å². The first kappa shape index (κ1) is 11.1. The number of sulfonamides is 1. The number of nitrogens with zero attached hydrogens (tertiary/aromatic N) is 1. The van der Waals surface area contributed by atoms with Gasteiger partial charge in [0, 0.05) is 24.0 Å². The van der Waals surface area contributed by atoms with Gasteiger partial charge in [0.05, 0.1) is 0 Å². The smallest absolute Gasteiger partial charge is 0.252 e. The Hall–Kier alpha value is -0.430. The molecule has 0 bridgehead atoms. The van der Waals surface area contributed by atoms with Gasteiger partial charge < -0.3 is 5.73 Å². The molecular formula is C9H14N2O2S2. The van der Waals surface area contributed by atoms with Gasteiger partial charge in [0.15, 0.2) is 0 Å². The molecule has 0 aliphatic carbocycles. The molecule has 1 unspecified atom stereocenters. The summed E-state index contributed by atoms with van der Waals surface area (Å²) >= 11 is 1.31. The van der Waals surface area contributed by atoms with Crippen molar-refractivity contribution in [2.75, 3.05) is 13.1 Å². The van der Waals surface area contributed by atoms with Crippen molar-refractivity contribution in [3.05, 3.63) is 17.0 Å². The second kappa shape index (κ2) is 3.86. The summed E-state index contributed by atoms with van der Waals surface area (Å²) in [5, 5.41) is 0. The first-order chi connectivity index (χ1) is 7.00. The lowest BCUT2D eigenvalue weighted by atomic mass is 10.3. The fourth-order valence-corrected chi connectivity index (χ4v) is 4.60. The molecule has 1 aliphatic rings. The number of hydrogen-bond donors (Lipinski definition) is 1. The molecule has 2 rings (SSSR count). The quantitative estimate of drug-likeness (QED) is 0.838. The summed E-state index contributed by atoms with van der Waals surface area (Å²) in [6, 6.07) is 3.48. The predicted molar refractivity (Wildman–Crippen MR) is 60.4 cm³/mol. The number of aryl methyl sites for hydroxylation is 1. The highest BCUT2D eigenvalue weighted by Crippen LogP contribution is 2.26. The maximum Gasteiger partial charge on any atom is 0.252 e. The molecule has 0 spiro atoms. The molecular weight excluding hydrogens is 232 g/mol. The van der Waals surface area contributed by atoms with E-state index in [1.165, 1.54) is 15.6 Å². The van der Waals surface area contributed by atoms with E-state index in [0.29, 0.717) is 17.3 Å². The van der Waals surface area contributed by atoms with Crippen LogP contribution in [0, 0.1) is 6.92 Å². The SMILES string of the molecule is Cc1ccc(S(=O)(=O)N2CCC(N)C2)s1. The van der Waals surface area contributed by atoms with Crippen molar-refractivity contribution in [2.45, 2.75) is 23.6 Å². The van der Waals surface area contributed by atoms with Gasteiger partial charge in [-0.3, -0.25) is 0 Å². The Balaban J connectivity index is 2.27. The average Bonchev–Trinajstić information content (AvgIpc) is 2.74. The Kier molecular flexibility index (Phi) is 2.85. The fourth-order valence-electron chi connectivity index (χ4n) is 1.65. The van der Waals surface area contributed by atoms with Gasteiger partial charge in [-0.25, -0.2) is 8.42 Å². The van der Waals surface area contributed by atoms with E-state index in [1.54, 1.807) is 6.07 Å². The topological polar surface area (TPSA) is 63.4 Å². The molecule has 0 radical (unpaired) electrons. The summed E-state index contributed by atoms with van der Waals surface area (Å²) in [5.74, 6) is 0. The van der Waals surface area contributed by atoms with Crippen LogP contribution >= 0.6 is 11.3 Å². The van der Waals surface area contributed by atoms with E-state index in [1.807, 2.05) is 13.0 Å². The second-order valence-electron chi connectivity index (χ2n) is 3.78. The summed E-state index contributed by atoms with van der Waals surface area (Å²) in [4.78, 5) is 1.01. The summed E-state index contributed by atoms with van der Waals surface area (Å²) < 4.78 is 26.0. The van der Waals surface area contributed by atoms with Crippen LogP contribution in [0.3, 0.4) is 0 Å². The van der Waals surface area contributed by atoms with E-state index in [4.69, 9.17) is 5.73 Å². The van der Waals surface area contributed by atoms with Crippen LogP contribution in [0.1, 0.15) is 11.3 Å². The van der Waals surface area contributed by atoms with Gasteiger partial charge in [-0.05, 0) is 25.5 Å². The van der Waals surface area contributed by atoms with Gasteiger partial charge in [-0.15, -0.1) is 11.3 Å². The van der Waals surface area contributed by atoms with Crippen LogP contribution in [0.15, 0.2) is 16.3 Å². The summed E-state index contributed by atoms with van der Waals surface area (Å²) in [6.07, 6.45) is 0.754. The molecule has 1 atom stereocenters.